The van der Waals surface area contributed by atoms with E-state index in [-0.39, 0.29) is 17.8 Å². The summed E-state index contributed by atoms with van der Waals surface area (Å²) in [5.74, 6) is 0.367. The van der Waals surface area contributed by atoms with Crippen molar-refractivity contribution in [2.45, 2.75) is 45.3 Å². The SMILES string of the molecule is C=CCCC(C)CC(NC(=O)[CH]C)[C@H](O)CCl. The number of alkyl halides is 1. The van der Waals surface area contributed by atoms with Gasteiger partial charge in [0, 0.05) is 6.42 Å². The third-order valence-corrected chi connectivity index (χ3v) is 3.05. The molecule has 0 heterocycles. The summed E-state index contributed by atoms with van der Waals surface area (Å²) in [6.45, 7) is 7.44. The Morgan fingerprint density at radius 2 is 2.24 bits per heavy atom. The van der Waals surface area contributed by atoms with Gasteiger partial charge in [0.1, 0.15) is 0 Å². The molecule has 99 valence electrons. The Kier molecular flexibility index (Phi) is 9.18. The maximum absolute atomic E-state index is 11.3. The number of hydrogen-bond acceptors (Lipinski definition) is 2. The summed E-state index contributed by atoms with van der Waals surface area (Å²) < 4.78 is 0. The van der Waals surface area contributed by atoms with Crippen LogP contribution in [0.15, 0.2) is 12.7 Å². The summed E-state index contributed by atoms with van der Waals surface area (Å²) in [7, 11) is 0. The molecule has 0 saturated heterocycles. The summed E-state index contributed by atoms with van der Waals surface area (Å²) in [5, 5.41) is 12.5. The first-order valence-electron chi connectivity index (χ1n) is 5.99. The van der Waals surface area contributed by atoms with Crippen molar-refractivity contribution in [1.82, 2.24) is 5.32 Å². The highest BCUT2D eigenvalue weighted by atomic mass is 35.5. The molecule has 0 aliphatic heterocycles. The number of carbonyl (C=O) groups is 1. The third kappa shape index (κ3) is 7.40. The fourth-order valence-corrected chi connectivity index (χ4v) is 1.85. The maximum Gasteiger partial charge on any atom is 0.223 e. The molecule has 3 nitrogen and oxygen atoms in total. The van der Waals surface area contributed by atoms with Crippen molar-refractivity contribution in [3.8, 4) is 0 Å². The van der Waals surface area contributed by atoms with E-state index >= 15 is 0 Å². The fraction of sp³-hybridized carbons (Fsp3) is 0.692. The average Bonchev–Trinajstić information content (AvgIpc) is 2.34. The van der Waals surface area contributed by atoms with Crippen LogP contribution >= 0.6 is 11.6 Å². The normalized spacial score (nSPS) is 16.0. The van der Waals surface area contributed by atoms with Gasteiger partial charge in [-0.25, -0.2) is 0 Å². The highest BCUT2D eigenvalue weighted by molar-refractivity contribution is 6.18. The predicted octanol–water partition coefficient (Wildman–Crippen LogP) is 2.29. The lowest BCUT2D eigenvalue weighted by atomic mass is 9.94. The van der Waals surface area contributed by atoms with Crippen LogP contribution < -0.4 is 5.32 Å². The van der Waals surface area contributed by atoms with Crippen LogP contribution in [-0.4, -0.2) is 29.0 Å². The van der Waals surface area contributed by atoms with Crippen LogP contribution in [0.25, 0.3) is 0 Å². The van der Waals surface area contributed by atoms with Gasteiger partial charge in [-0.2, -0.15) is 0 Å². The van der Waals surface area contributed by atoms with Crippen molar-refractivity contribution < 1.29 is 9.90 Å². The molecule has 0 aliphatic carbocycles. The second-order valence-corrected chi connectivity index (χ2v) is 4.64. The number of carbonyl (C=O) groups excluding carboxylic acids is 1. The van der Waals surface area contributed by atoms with Crippen molar-refractivity contribution in [3.05, 3.63) is 19.1 Å². The predicted molar refractivity (Wildman–Crippen MR) is 71.8 cm³/mol. The number of amides is 1. The van der Waals surface area contributed by atoms with Crippen molar-refractivity contribution in [2.24, 2.45) is 5.92 Å². The minimum Gasteiger partial charge on any atom is -0.390 e. The zero-order valence-corrected chi connectivity index (χ0v) is 11.4. The topological polar surface area (TPSA) is 49.3 Å². The lowest BCUT2D eigenvalue weighted by Crippen LogP contribution is -2.45. The van der Waals surface area contributed by atoms with Crippen molar-refractivity contribution in [3.63, 3.8) is 0 Å². The summed E-state index contributed by atoms with van der Waals surface area (Å²) >= 11 is 5.63. The van der Waals surface area contributed by atoms with Crippen LogP contribution in [0.5, 0.6) is 0 Å². The number of rotatable bonds is 9. The van der Waals surface area contributed by atoms with Gasteiger partial charge in [-0.1, -0.05) is 19.9 Å². The molecular formula is C13H23ClNO2. The van der Waals surface area contributed by atoms with E-state index < -0.39 is 6.10 Å². The molecule has 0 aromatic heterocycles. The standard InChI is InChI=1S/C13H23ClNO2/c1-4-6-7-10(3)8-11(12(16)9-14)15-13(17)5-2/h4-5,10-12,16H,1,6-9H2,2-3H3,(H,15,17)/t10?,11?,12-/m1/s1. The Hall–Kier alpha value is -0.540. The monoisotopic (exact) mass is 260 g/mol. The van der Waals surface area contributed by atoms with Crippen LogP contribution in [0.2, 0.25) is 0 Å². The molecule has 0 aromatic carbocycles. The van der Waals surface area contributed by atoms with Crippen LogP contribution in [0.4, 0.5) is 0 Å². The highest BCUT2D eigenvalue weighted by Gasteiger charge is 2.22. The largest absolute Gasteiger partial charge is 0.390 e. The van der Waals surface area contributed by atoms with Gasteiger partial charge in [0.25, 0.3) is 0 Å². The molecule has 0 aliphatic rings. The van der Waals surface area contributed by atoms with Crippen molar-refractivity contribution >= 4 is 17.5 Å². The molecule has 0 fully saturated rings. The van der Waals surface area contributed by atoms with E-state index in [1.54, 1.807) is 6.92 Å². The molecule has 0 saturated carbocycles. The first-order chi connectivity index (χ1) is 8.04. The number of allylic oxidation sites excluding steroid dienone is 1. The smallest absolute Gasteiger partial charge is 0.223 e. The van der Waals surface area contributed by atoms with Crippen LogP contribution in [-0.2, 0) is 4.79 Å². The van der Waals surface area contributed by atoms with E-state index in [0.29, 0.717) is 5.92 Å². The van der Waals surface area contributed by atoms with Gasteiger partial charge in [0.05, 0.1) is 18.0 Å². The van der Waals surface area contributed by atoms with E-state index in [1.807, 2.05) is 6.08 Å². The highest BCUT2D eigenvalue weighted by Crippen LogP contribution is 2.16. The quantitative estimate of drug-likeness (QED) is 0.494. The molecule has 1 amide bonds. The second kappa shape index (κ2) is 9.49. The number of aliphatic hydroxyl groups is 1. The van der Waals surface area contributed by atoms with E-state index in [0.717, 1.165) is 19.3 Å². The maximum atomic E-state index is 11.3. The summed E-state index contributed by atoms with van der Waals surface area (Å²) in [5.41, 5.74) is 0. The van der Waals surface area contributed by atoms with Gasteiger partial charge in [0.15, 0.2) is 0 Å². The number of aliphatic hydroxyl groups excluding tert-OH is 1. The zero-order valence-electron chi connectivity index (χ0n) is 10.7. The molecule has 17 heavy (non-hydrogen) atoms. The Balaban J connectivity index is 4.26. The van der Waals surface area contributed by atoms with Gasteiger partial charge in [-0.3, -0.25) is 4.79 Å². The Morgan fingerprint density at radius 1 is 1.59 bits per heavy atom. The lowest BCUT2D eigenvalue weighted by molar-refractivity contribution is -0.119. The number of halogens is 1. The Bertz CT molecular complexity index is 233. The van der Waals surface area contributed by atoms with Gasteiger partial charge < -0.3 is 10.4 Å². The molecular weight excluding hydrogens is 238 g/mol. The zero-order chi connectivity index (χ0) is 13.3. The summed E-state index contributed by atoms with van der Waals surface area (Å²) in [4.78, 5) is 11.3. The van der Waals surface area contributed by atoms with E-state index in [9.17, 15) is 9.90 Å². The minimum absolute atomic E-state index is 0.128. The van der Waals surface area contributed by atoms with E-state index in [2.05, 4.69) is 18.8 Å². The summed E-state index contributed by atoms with van der Waals surface area (Å²) in [6, 6.07) is -0.281. The first-order valence-corrected chi connectivity index (χ1v) is 6.53. The lowest BCUT2D eigenvalue weighted by Gasteiger charge is -2.25. The van der Waals surface area contributed by atoms with Gasteiger partial charge in [0.2, 0.25) is 5.91 Å². The van der Waals surface area contributed by atoms with E-state index in [1.165, 1.54) is 6.42 Å². The van der Waals surface area contributed by atoms with Crippen molar-refractivity contribution in [2.75, 3.05) is 5.88 Å². The molecule has 2 unspecified atom stereocenters. The molecule has 0 bridgehead atoms. The molecule has 3 atom stereocenters. The molecule has 0 rings (SSSR count). The van der Waals surface area contributed by atoms with Gasteiger partial charge in [-0.15, -0.1) is 18.2 Å². The Morgan fingerprint density at radius 3 is 2.71 bits per heavy atom. The van der Waals surface area contributed by atoms with Crippen LogP contribution in [0.1, 0.15) is 33.1 Å². The van der Waals surface area contributed by atoms with E-state index in [4.69, 9.17) is 11.6 Å². The van der Waals surface area contributed by atoms with Crippen molar-refractivity contribution in [1.29, 1.82) is 0 Å². The molecule has 0 aromatic rings. The minimum atomic E-state index is -0.702. The van der Waals surface area contributed by atoms with Gasteiger partial charge in [-0.05, 0) is 25.2 Å². The Labute approximate surface area is 109 Å². The molecule has 1 radical (unpaired) electrons. The van der Waals surface area contributed by atoms with Crippen LogP contribution in [0, 0.1) is 12.3 Å². The third-order valence-electron chi connectivity index (χ3n) is 2.73. The molecule has 4 heteroatoms. The van der Waals surface area contributed by atoms with Crippen LogP contribution in [0.3, 0.4) is 0 Å². The fourth-order valence-electron chi connectivity index (χ4n) is 1.64. The number of hydrogen-bond donors (Lipinski definition) is 2. The number of nitrogens with one attached hydrogen (secondary N) is 1. The first kappa shape index (κ1) is 16.5. The molecule has 2 N–H and O–H groups in total. The summed E-state index contributed by atoms with van der Waals surface area (Å²) in [6.07, 6.45) is 5.29. The second-order valence-electron chi connectivity index (χ2n) is 4.33. The van der Waals surface area contributed by atoms with Gasteiger partial charge >= 0.3 is 0 Å². The average molecular weight is 261 g/mol. The molecule has 0 spiro atoms.